The van der Waals surface area contributed by atoms with E-state index in [1.54, 1.807) is 11.5 Å². The zero-order valence-corrected chi connectivity index (χ0v) is 7.85. The van der Waals surface area contributed by atoms with Gasteiger partial charge in [-0.3, -0.25) is 8.94 Å². The summed E-state index contributed by atoms with van der Waals surface area (Å²) in [7, 11) is 2.04. The minimum atomic E-state index is 1.24. The molecule has 0 saturated heterocycles. The van der Waals surface area contributed by atoms with Crippen molar-refractivity contribution in [3.05, 3.63) is 18.5 Å². The maximum Gasteiger partial charge on any atom is 0.0875 e. The molecule has 2 nitrogen and oxygen atoms in total. The van der Waals surface area contributed by atoms with Crippen molar-refractivity contribution in [3.8, 4) is 0 Å². The zero-order valence-electron chi connectivity index (χ0n) is 7.03. The average molecular weight is 168 g/mol. The van der Waals surface area contributed by atoms with E-state index in [0.717, 1.165) is 0 Å². The first-order chi connectivity index (χ1) is 5.38. The molecule has 60 valence electrons. The summed E-state index contributed by atoms with van der Waals surface area (Å²) >= 11 is 1.75. The highest BCUT2D eigenvalue weighted by Gasteiger charge is 1.98. The van der Waals surface area contributed by atoms with Crippen LogP contribution >= 0.6 is 11.5 Å². The number of aromatic nitrogens is 2. The fourth-order valence-electron chi connectivity index (χ4n) is 0.845. The summed E-state index contributed by atoms with van der Waals surface area (Å²) in [6, 6.07) is 2.03. The van der Waals surface area contributed by atoms with Gasteiger partial charge in [0.15, 0.2) is 0 Å². The third-order valence-corrected chi connectivity index (χ3v) is 2.35. The Kier molecular flexibility index (Phi) is 2.65. The van der Waals surface area contributed by atoms with Crippen LogP contribution in [0.3, 0.4) is 0 Å². The van der Waals surface area contributed by atoms with Gasteiger partial charge in [0.05, 0.1) is 16.4 Å². The lowest BCUT2D eigenvalue weighted by molar-refractivity contribution is 1.06. The Bertz CT molecular complexity index is 321. The van der Waals surface area contributed by atoms with E-state index in [1.807, 2.05) is 39.4 Å². The second-order valence-corrected chi connectivity index (χ2v) is 3.10. The number of hydrogen-bond acceptors (Lipinski definition) is 2. The summed E-state index contributed by atoms with van der Waals surface area (Å²) in [4.78, 5) is 3.99. The number of fused-ring (bicyclic) bond motifs is 1. The van der Waals surface area contributed by atoms with E-state index in [-0.39, 0.29) is 0 Å². The molecule has 0 atom stereocenters. The van der Waals surface area contributed by atoms with Crippen LogP contribution in [0.4, 0.5) is 0 Å². The highest BCUT2D eigenvalue weighted by Crippen LogP contribution is 2.21. The molecule has 0 N–H and O–H groups in total. The van der Waals surface area contributed by atoms with Gasteiger partial charge >= 0.3 is 0 Å². The van der Waals surface area contributed by atoms with Crippen LogP contribution in [0, 0.1) is 0 Å². The Morgan fingerprint density at radius 2 is 2.18 bits per heavy atom. The monoisotopic (exact) mass is 168 g/mol. The molecule has 0 aliphatic rings. The summed E-state index contributed by atoms with van der Waals surface area (Å²) in [6.07, 6.45) is 3.70. The molecule has 3 heteroatoms. The van der Waals surface area contributed by atoms with Crippen molar-refractivity contribution < 1.29 is 0 Å². The fraction of sp³-hybridized carbons (Fsp3) is 0.375. The molecule has 0 radical (unpaired) electrons. The summed E-state index contributed by atoms with van der Waals surface area (Å²) in [6.45, 7) is 4.00. The number of nitrogens with zero attached hydrogens (tertiary/aromatic N) is 2. The van der Waals surface area contributed by atoms with E-state index in [9.17, 15) is 0 Å². The van der Waals surface area contributed by atoms with Crippen LogP contribution < -0.4 is 0 Å². The predicted octanol–water partition coefficient (Wildman–Crippen LogP) is 2.66. The molecule has 0 aliphatic carbocycles. The summed E-state index contributed by atoms with van der Waals surface area (Å²) in [5.74, 6) is 0. The molecule has 0 saturated carbocycles. The van der Waals surface area contributed by atoms with Crippen molar-refractivity contribution in [2.45, 2.75) is 13.8 Å². The SMILES string of the molecule is CC.Cn1sc2ccncc21. The first kappa shape index (κ1) is 8.27. The van der Waals surface area contributed by atoms with Crippen LogP contribution in [0.15, 0.2) is 18.5 Å². The lowest BCUT2D eigenvalue weighted by Gasteiger charge is -2.06. The van der Waals surface area contributed by atoms with Crippen LogP contribution in [0.1, 0.15) is 13.8 Å². The molecule has 0 amide bonds. The molecule has 2 aromatic rings. The van der Waals surface area contributed by atoms with Gasteiger partial charge in [0.2, 0.25) is 0 Å². The topological polar surface area (TPSA) is 17.8 Å². The quantitative estimate of drug-likeness (QED) is 0.591. The number of hydrogen-bond donors (Lipinski definition) is 0. The highest BCUT2D eigenvalue weighted by atomic mass is 32.1. The highest BCUT2D eigenvalue weighted by molar-refractivity contribution is 7.16. The first-order valence-electron chi connectivity index (χ1n) is 3.73. The number of pyridine rings is 1. The van der Waals surface area contributed by atoms with Gasteiger partial charge in [-0.25, -0.2) is 0 Å². The van der Waals surface area contributed by atoms with Crippen molar-refractivity contribution in [1.82, 2.24) is 8.94 Å². The largest absolute Gasteiger partial charge is 0.298 e. The molecular formula is C8H12N2S. The van der Waals surface area contributed by atoms with Gasteiger partial charge in [0.25, 0.3) is 0 Å². The molecule has 0 unspecified atom stereocenters. The molecule has 0 aromatic carbocycles. The second-order valence-electron chi connectivity index (χ2n) is 1.93. The lowest BCUT2D eigenvalue weighted by Crippen LogP contribution is -1.92. The fourth-order valence-corrected chi connectivity index (χ4v) is 1.66. The Labute approximate surface area is 70.6 Å². The predicted molar refractivity (Wildman–Crippen MR) is 49.9 cm³/mol. The van der Waals surface area contributed by atoms with Gasteiger partial charge < -0.3 is 0 Å². The molecule has 2 aromatic heterocycles. The summed E-state index contributed by atoms with van der Waals surface area (Å²) in [5.41, 5.74) is 1.24. The Morgan fingerprint density at radius 3 is 2.64 bits per heavy atom. The third-order valence-electron chi connectivity index (χ3n) is 1.34. The molecular weight excluding hydrogens is 156 g/mol. The Morgan fingerprint density at radius 1 is 1.45 bits per heavy atom. The third kappa shape index (κ3) is 1.43. The van der Waals surface area contributed by atoms with Crippen LogP contribution in [0.2, 0.25) is 0 Å². The maximum atomic E-state index is 3.99. The van der Waals surface area contributed by atoms with Crippen molar-refractivity contribution in [3.63, 3.8) is 0 Å². The molecule has 2 rings (SSSR count). The zero-order chi connectivity index (χ0) is 8.27. The second kappa shape index (κ2) is 3.53. The number of rotatable bonds is 0. The van der Waals surface area contributed by atoms with E-state index >= 15 is 0 Å². The van der Waals surface area contributed by atoms with Crippen molar-refractivity contribution >= 4 is 21.7 Å². The first-order valence-corrected chi connectivity index (χ1v) is 4.51. The van der Waals surface area contributed by atoms with Gasteiger partial charge in [0.1, 0.15) is 0 Å². The van der Waals surface area contributed by atoms with Crippen molar-refractivity contribution in [1.29, 1.82) is 0 Å². The van der Waals surface area contributed by atoms with Crippen molar-refractivity contribution in [2.75, 3.05) is 0 Å². The van der Waals surface area contributed by atoms with E-state index in [4.69, 9.17) is 0 Å². The molecule has 2 heterocycles. The van der Waals surface area contributed by atoms with Crippen LogP contribution in [-0.2, 0) is 7.05 Å². The lowest BCUT2D eigenvalue weighted by atomic mass is 10.4. The number of aryl methyl sites for hydroxylation is 1. The Hall–Kier alpha value is -0.830. The van der Waals surface area contributed by atoms with Crippen molar-refractivity contribution in [2.24, 2.45) is 7.05 Å². The van der Waals surface area contributed by atoms with Gasteiger partial charge in [-0.2, -0.15) is 0 Å². The molecule has 0 fully saturated rings. The van der Waals surface area contributed by atoms with Gasteiger partial charge in [-0.1, -0.05) is 25.4 Å². The van der Waals surface area contributed by atoms with Gasteiger partial charge in [-0.15, -0.1) is 0 Å². The summed E-state index contributed by atoms with van der Waals surface area (Å²) in [5, 5.41) is 0. The molecule has 0 bridgehead atoms. The Balaban J connectivity index is 0.000000281. The minimum Gasteiger partial charge on any atom is -0.298 e. The van der Waals surface area contributed by atoms with Crippen LogP contribution in [-0.4, -0.2) is 8.94 Å². The smallest absolute Gasteiger partial charge is 0.0875 e. The van der Waals surface area contributed by atoms with E-state index in [1.165, 1.54) is 10.2 Å². The van der Waals surface area contributed by atoms with E-state index in [0.29, 0.717) is 0 Å². The molecule has 0 aliphatic heterocycles. The van der Waals surface area contributed by atoms with Crippen LogP contribution in [0.25, 0.3) is 10.2 Å². The maximum absolute atomic E-state index is 3.99. The van der Waals surface area contributed by atoms with Crippen LogP contribution in [0.5, 0.6) is 0 Å². The van der Waals surface area contributed by atoms with Gasteiger partial charge in [-0.05, 0) is 6.07 Å². The van der Waals surface area contributed by atoms with E-state index in [2.05, 4.69) is 8.94 Å². The van der Waals surface area contributed by atoms with Gasteiger partial charge in [0, 0.05) is 13.2 Å². The average Bonchev–Trinajstić information content (AvgIpc) is 2.07. The standard InChI is InChI=1S/C6H6N2S.C2H6/c1-8-5-4-7-3-2-6(5)9-8;1-2/h2-4H,1H3;1-2H3. The minimum absolute atomic E-state index is 1.24. The molecule has 0 spiro atoms. The molecule has 11 heavy (non-hydrogen) atoms. The summed E-state index contributed by atoms with van der Waals surface area (Å²) < 4.78 is 3.43. The normalized spacial score (nSPS) is 9.36. The van der Waals surface area contributed by atoms with E-state index < -0.39 is 0 Å².